The maximum atomic E-state index is 12.8. The highest BCUT2D eigenvalue weighted by Crippen LogP contribution is 2.22. The van der Waals surface area contributed by atoms with Gasteiger partial charge in [-0.05, 0) is 17.7 Å². The van der Waals surface area contributed by atoms with E-state index < -0.39 is 5.91 Å². The lowest BCUT2D eigenvalue weighted by molar-refractivity contribution is -0.131. The first-order valence-electron chi connectivity index (χ1n) is 8.57. The zero-order valence-corrected chi connectivity index (χ0v) is 15.6. The van der Waals surface area contributed by atoms with Gasteiger partial charge in [-0.3, -0.25) is 14.6 Å². The Labute approximate surface area is 161 Å². The maximum absolute atomic E-state index is 12.8. The average Bonchev–Trinajstić information content (AvgIpc) is 3.15. The standard InChI is InChI=1S/C20H20N4O2S/c21-18(25)9-11-24(13-15-6-2-1-3-7-15)19(26)12-16-14-27-20(23-16)17-8-4-5-10-22-17/h1-8,10,14H,9,11-13H2,(H2,21,25). The van der Waals surface area contributed by atoms with Crippen molar-refractivity contribution in [3.05, 3.63) is 71.4 Å². The third-order valence-electron chi connectivity index (χ3n) is 3.97. The Kier molecular flexibility index (Phi) is 6.27. The fourth-order valence-corrected chi connectivity index (χ4v) is 3.40. The molecule has 0 aliphatic heterocycles. The highest BCUT2D eigenvalue weighted by molar-refractivity contribution is 7.13. The van der Waals surface area contributed by atoms with Crippen molar-refractivity contribution in [2.24, 2.45) is 5.73 Å². The van der Waals surface area contributed by atoms with Crippen molar-refractivity contribution in [3.63, 3.8) is 0 Å². The topological polar surface area (TPSA) is 89.2 Å². The Morgan fingerprint density at radius 1 is 1.07 bits per heavy atom. The monoisotopic (exact) mass is 380 g/mol. The van der Waals surface area contributed by atoms with E-state index in [1.807, 2.05) is 53.9 Å². The van der Waals surface area contributed by atoms with Crippen LogP contribution in [0.4, 0.5) is 0 Å². The fourth-order valence-electron chi connectivity index (χ4n) is 2.60. The molecule has 2 N–H and O–H groups in total. The van der Waals surface area contributed by atoms with Crippen LogP contribution in [0.15, 0.2) is 60.1 Å². The number of thiazole rings is 1. The molecule has 3 rings (SSSR count). The largest absolute Gasteiger partial charge is 0.370 e. The van der Waals surface area contributed by atoms with Crippen molar-refractivity contribution in [1.29, 1.82) is 0 Å². The minimum absolute atomic E-state index is 0.0852. The van der Waals surface area contributed by atoms with Crippen LogP contribution >= 0.6 is 11.3 Å². The quantitative estimate of drug-likeness (QED) is 0.651. The van der Waals surface area contributed by atoms with Gasteiger partial charge in [0.15, 0.2) is 0 Å². The molecule has 7 heteroatoms. The first-order chi connectivity index (χ1) is 13.1. The molecule has 138 valence electrons. The molecular weight excluding hydrogens is 360 g/mol. The van der Waals surface area contributed by atoms with Crippen molar-refractivity contribution in [2.75, 3.05) is 6.54 Å². The number of hydrogen-bond donors (Lipinski definition) is 1. The summed E-state index contributed by atoms with van der Waals surface area (Å²) < 4.78 is 0. The third kappa shape index (κ3) is 5.46. The van der Waals surface area contributed by atoms with Crippen LogP contribution in [0.1, 0.15) is 17.7 Å². The molecule has 6 nitrogen and oxygen atoms in total. The van der Waals surface area contributed by atoms with Crippen molar-refractivity contribution in [2.45, 2.75) is 19.4 Å². The molecule has 0 atom stereocenters. The van der Waals surface area contributed by atoms with Gasteiger partial charge >= 0.3 is 0 Å². The molecule has 2 heterocycles. The lowest BCUT2D eigenvalue weighted by Gasteiger charge is -2.22. The molecule has 0 aliphatic rings. The van der Waals surface area contributed by atoms with Crippen LogP contribution in [0.3, 0.4) is 0 Å². The minimum atomic E-state index is -0.424. The molecule has 1 aromatic carbocycles. The van der Waals surface area contributed by atoms with Crippen molar-refractivity contribution in [3.8, 4) is 10.7 Å². The van der Waals surface area contributed by atoms with Gasteiger partial charge in [0.05, 0.1) is 17.8 Å². The number of nitrogens with two attached hydrogens (primary N) is 1. The van der Waals surface area contributed by atoms with Crippen LogP contribution in [0.25, 0.3) is 10.7 Å². The summed E-state index contributed by atoms with van der Waals surface area (Å²) in [7, 11) is 0. The maximum Gasteiger partial charge on any atom is 0.228 e. The second-order valence-corrected chi connectivity index (χ2v) is 6.91. The summed E-state index contributed by atoms with van der Waals surface area (Å²) >= 11 is 1.46. The predicted octanol–water partition coefficient (Wildman–Crippen LogP) is 2.65. The van der Waals surface area contributed by atoms with Crippen LogP contribution in [0.2, 0.25) is 0 Å². The van der Waals surface area contributed by atoms with Crippen LogP contribution in [0, 0.1) is 0 Å². The number of carbonyl (C=O) groups is 2. The number of rotatable bonds is 8. The molecule has 0 spiro atoms. The highest BCUT2D eigenvalue weighted by Gasteiger charge is 2.17. The molecule has 0 unspecified atom stereocenters. The van der Waals surface area contributed by atoms with Crippen LogP contribution in [-0.2, 0) is 22.6 Å². The van der Waals surface area contributed by atoms with Gasteiger partial charge in [0.1, 0.15) is 5.01 Å². The number of pyridine rings is 1. The molecule has 2 amide bonds. The van der Waals surface area contributed by atoms with Gasteiger partial charge in [-0.2, -0.15) is 0 Å². The van der Waals surface area contributed by atoms with Gasteiger partial charge in [0.25, 0.3) is 0 Å². The molecule has 0 radical (unpaired) electrons. The number of amides is 2. The third-order valence-corrected chi connectivity index (χ3v) is 4.88. The van der Waals surface area contributed by atoms with Gasteiger partial charge in [-0.1, -0.05) is 36.4 Å². The summed E-state index contributed by atoms with van der Waals surface area (Å²) in [5.41, 5.74) is 7.75. The predicted molar refractivity (Wildman–Crippen MR) is 105 cm³/mol. The first-order valence-corrected chi connectivity index (χ1v) is 9.45. The van der Waals surface area contributed by atoms with E-state index in [1.165, 1.54) is 11.3 Å². The Bertz CT molecular complexity index is 897. The number of hydrogen-bond acceptors (Lipinski definition) is 5. The van der Waals surface area contributed by atoms with Gasteiger partial charge in [0, 0.05) is 31.1 Å². The normalized spacial score (nSPS) is 10.5. The van der Waals surface area contributed by atoms with E-state index in [0.717, 1.165) is 16.3 Å². The highest BCUT2D eigenvalue weighted by atomic mass is 32.1. The molecule has 3 aromatic rings. The zero-order valence-electron chi connectivity index (χ0n) is 14.7. The molecule has 27 heavy (non-hydrogen) atoms. The summed E-state index contributed by atoms with van der Waals surface area (Å²) in [5, 5.41) is 2.65. The van der Waals surface area contributed by atoms with E-state index in [4.69, 9.17) is 5.73 Å². The molecule has 2 aromatic heterocycles. The van der Waals surface area contributed by atoms with E-state index in [0.29, 0.717) is 18.8 Å². The lowest BCUT2D eigenvalue weighted by Crippen LogP contribution is -2.34. The lowest BCUT2D eigenvalue weighted by atomic mass is 10.2. The van der Waals surface area contributed by atoms with E-state index in [9.17, 15) is 9.59 Å². The van der Waals surface area contributed by atoms with Crippen LogP contribution < -0.4 is 5.73 Å². The second-order valence-electron chi connectivity index (χ2n) is 6.05. The Morgan fingerprint density at radius 2 is 1.85 bits per heavy atom. The molecule has 0 fully saturated rings. The van der Waals surface area contributed by atoms with E-state index in [-0.39, 0.29) is 18.7 Å². The molecule has 0 bridgehead atoms. The van der Waals surface area contributed by atoms with E-state index in [2.05, 4.69) is 9.97 Å². The van der Waals surface area contributed by atoms with Crippen LogP contribution in [-0.4, -0.2) is 33.2 Å². The summed E-state index contributed by atoms with van der Waals surface area (Å²) in [6.07, 6.45) is 2.02. The summed E-state index contributed by atoms with van der Waals surface area (Å²) in [5.74, 6) is -0.509. The summed E-state index contributed by atoms with van der Waals surface area (Å²) in [4.78, 5) is 34.4. The van der Waals surface area contributed by atoms with Crippen molar-refractivity contribution >= 4 is 23.2 Å². The zero-order chi connectivity index (χ0) is 19.1. The fraction of sp³-hybridized carbons (Fsp3) is 0.200. The Hall–Kier alpha value is -3.06. The summed E-state index contributed by atoms with van der Waals surface area (Å²) in [6, 6.07) is 15.3. The number of carbonyl (C=O) groups excluding carboxylic acids is 2. The Morgan fingerprint density at radius 3 is 2.56 bits per heavy atom. The number of nitrogens with zero attached hydrogens (tertiary/aromatic N) is 3. The van der Waals surface area contributed by atoms with Gasteiger partial charge < -0.3 is 10.6 Å². The molecule has 0 saturated carbocycles. The Balaban J connectivity index is 1.70. The number of aromatic nitrogens is 2. The van der Waals surface area contributed by atoms with Gasteiger partial charge in [-0.25, -0.2) is 4.98 Å². The van der Waals surface area contributed by atoms with E-state index in [1.54, 1.807) is 11.1 Å². The second kappa shape index (κ2) is 9.05. The average molecular weight is 380 g/mol. The molecule has 0 aliphatic carbocycles. The minimum Gasteiger partial charge on any atom is -0.370 e. The molecular formula is C20H20N4O2S. The number of primary amides is 1. The van der Waals surface area contributed by atoms with Gasteiger partial charge in [0.2, 0.25) is 11.8 Å². The molecule has 0 saturated heterocycles. The smallest absolute Gasteiger partial charge is 0.228 e. The first kappa shape index (κ1) is 18.7. The number of benzene rings is 1. The van der Waals surface area contributed by atoms with Gasteiger partial charge in [-0.15, -0.1) is 11.3 Å². The SMILES string of the molecule is NC(=O)CCN(Cc1ccccc1)C(=O)Cc1csc(-c2ccccn2)n1. The van der Waals surface area contributed by atoms with Crippen molar-refractivity contribution in [1.82, 2.24) is 14.9 Å². The van der Waals surface area contributed by atoms with E-state index >= 15 is 0 Å². The van der Waals surface area contributed by atoms with Crippen molar-refractivity contribution < 1.29 is 9.59 Å². The summed E-state index contributed by atoms with van der Waals surface area (Å²) in [6.45, 7) is 0.727. The van der Waals surface area contributed by atoms with Crippen LogP contribution in [0.5, 0.6) is 0 Å².